The molecule has 0 saturated heterocycles. The molecule has 3 atom stereocenters. The first-order chi connectivity index (χ1) is 13.3. The summed E-state index contributed by atoms with van der Waals surface area (Å²) >= 11 is 0. The average molecular weight is 363 g/mol. The van der Waals surface area contributed by atoms with Crippen molar-refractivity contribution in [2.75, 3.05) is 29.9 Å². The van der Waals surface area contributed by atoms with Gasteiger partial charge in [-0.15, -0.1) is 0 Å². The van der Waals surface area contributed by atoms with E-state index in [1.807, 2.05) is 0 Å². The SMILES string of the molecule is CCOc1ccccc1C1Nc2ccc(N(CC)CC)cc2C2C=CCC21. The maximum absolute atomic E-state index is 5.94. The zero-order valence-corrected chi connectivity index (χ0v) is 16.6. The molecule has 142 valence electrons. The largest absolute Gasteiger partial charge is 0.494 e. The van der Waals surface area contributed by atoms with E-state index in [1.165, 1.54) is 22.5 Å². The van der Waals surface area contributed by atoms with Crippen molar-refractivity contribution < 1.29 is 4.74 Å². The van der Waals surface area contributed by atoms with Crippen LogP contribution in [0.25, 0.3) is 0 Å². The average Bonchev–Trinajstić information content (AvgIpc) is 3.19. The topological polar surface area (TPSA) is 24.5 Å². The summed E-state index contributed by atoms with van der Waals surface area (Å²) in [4.78, 5) is 2.42. The van der Waals surface area contributed by atoms with Crippen LogP contribution >= 0.6 is 0 Å². The summed E-state index contributed by atoms with van der Waals surface area (Å²) in [6.07, 6.45) is 5.87. The van der Waals surface area contributed by atoms with E-state index >= 15 is 0 Å². The van der Waals surface area contributed by atoms with Gasteiger partial charge in [0.15, 0.2) is 0 Å². The number of anilines is 2. The van der Waals surface area contributed by atoms with Crippen molar-refractivity contribution in [3.05, 3.63) is 65.7 Å². The summed E-state index contributed by atoms with van der Waals surface area (Å²) < 4.78 is 5.94. The number of allylic oxidation sites excluding steroid dienone is 2. The zero-order valence-electron chi connectivity index (χ0n) is 16.6. The third-order valence-electron chi connectivity index (χ3n) is 6.03. The Labute approximate surface area is 163 Å². The second-order valence-electron chi connectivity index (χ2n) is 7.39. The van der Waals surface area contributed by atoms with Crippen LogP contribution in [0.4, 0.5) is 11.4 Å². The van der Waals surface area contributed by atoms with Crippen molar-refractivity contribution in [1.82, 2.24) is 0 Å². The van der Waals surface area contributed by atoms with Gasteiger partial charge in [0, 0.05) is 35.9 Å². The summed E-state index contributed by atoms with van der Waals surface area (Å²) in [6, 6.07) is 15.7. The van der Waals surface area contributed by atoms with Gasteiger partial charge in [-0.05, 0) is 62.9 Å². The fourth-order valence-electron chi connectivity index (χ4n) is 4.70. The van der Waals surface area contributed by atoms with Gasteiger partial charge in [0.25, 0.3) is 0 Å². The highest BCUT2D eigenvalue weighted by Crippen LogP contribution is 2.51. The first-order valence-electron chi connectivity index (χ1n) is 10.3. The van der Waals surface area contributed by atoms with E-state index in [1.54, 1.807) is 0 Å². The normalized spacial score (nSPS) is 22.7. The summed E-state index contributed by atoms with van der Waals surface area (Å²) in [5.41, 5.74) is 5.29. The third kappa shape index (κ3) is 3.20. The van der Waals surface area contributed by atoms with E-state index in [4.69, 9.17) is 4.74 Å². The Hall–Kier alpha value is -2.42. The minimum Gasteiger partial charge on any atom is -0.494 e. The molecular weight excluding hydrogens is 332 g/mol. The first-order valence-corrected chi connectivity index (χ1v) is 10.3. The van der Waals surface area contributed by atoms with Gasteiger partial charge in [-0.1, -0.05) is 30.4 Å². The van der Waals surface area contributed by atoms with E-state index in [-0.39, 0.29) is 6.04 Å². The molecule has 1 aliphatic carbocycles. The van der Waals surface area contributed by atoms with Crippen LogP contribution < -0.4 is 15.0 Å². The molecule has 2 aliphatic rings. The van der Waals surface area contributed by atoms with Gasteiger partial charge in [-0.2, -0.15) is 0 Å². The van der Waals surface area contributed by atoms with Gasteiger partial charge >= 0.3 is 0 Å². The molecule has 0 bridgehead atoms. The minimum atomic E-state index is 0.277. The molecule has 4 rings (SSSR count). The van der Waals surface area contributed by atoms with Crippen LogP contribution in [0.1, 0.15) is 50.3 Å². The number of rotatable bonds is 6. The molecule has 0 aromatic heterocycles. The number of nitrogens with one attached hydrogen (secondary N) is 1. The lowest BCUT2D eigenvalue weighted by molar-refractivity contribution is 0.326. The standard InChI is InChI=1S/C24H30N2O/c1-4-26(5-2)17-14-15-22-21(16-17)18-11-9-12-19(18)24(25-22)20-10-7-8-13-23(20)27-6-3/h7-11,13-16,18-19,24-25H,4-6,12H2,1-3H3. The molecule has 0 spiro atoms. The third-order valence-corrected chi connectivity index (χ3v) is 6.03. The van der Waals surface area contributed by atoms with E-state index in [9.17, 15) is 0 Å². The molecular formula is C24H30N2O. The molecule has 0 radical (unpaired) electrons. The Kier molecular flexibility index (Phi) is 5.11. The molecule has 27 heavy (non-hydrogen) atoms. The molecule has 2 aromatic rings. The lowest BCUT2D eigenvalue weighted by Crippen LogP contribution is -2.30. The fraction of sp³-hybridized carbons (Fsp3) is 0.417. The number of ether oxygens (including phenoxy) is 1. The van der Waals surface area contributed by atoms with Crippen LogP contribution in [0.5, 0.6) is 5.75 Å². The van der Waals surface area contributed by atoms with Gasteiger partial charge in [0.1, 0.15) is 5.75 Å². The second-order valence-corrected chi connectivity index (χ2v) is 7.39. The van der Waals surface area contributed by atoms with Gasteiger partial charge in [-0.25, -0.2) is 0 Å². The van der Waals surface area contributed by atoms with Gasteiger partial charge in [0.05, 0.1) is 12.6 Å². The molecule has 1 N–H and O–H groups in total. The fourth-order valence-corrected chi connectivity index (χ4v) is 4.70. The number of benzene rings is 2. The van der Waals surface area contributed by atoms with E-state index < -0.39 is 0 Å². The van der Waals surface area contributed by atoms with Crippen LogP contribution in [-0.2, 0) is 0 Å². The summed E-state index contributed by atoms with van der Waals surface area (Å²) in [6.45, 7) is 9.27. The number of hydrogen-bond acceptors (Lipinski definition) is 3. The Balaban J connectivity index is 1.73. The highest BCUT2D eigenvalue weighted by molar-refractivity contribution is 5.66. The predicted octanol–water partition coefficient (Wildman–Crippen LogP) is 5.76. The molecule has 2 aromatic carbocycles. The van der Waals surface area contributed by atoms with Crippen molar-refractivity contribution in [2.45, 2.75) is 39.2 Å². The van der Waals surface area contributed by atoms with Crippen molar-refractivity contribution in [2.24, 2.45) is 5.92 Å². The first kappa shape index (κ1) is 18.0. The minimum absolute atomic E-state index is 0.277. The summed E-state index contributed by atoms with van der Waals surface area (Å²) in [7, 11) is 0. The Morgan fingerprint density at radius 3 is 2.63 bits per heavy atom. The van der Waals surface area contributed by atoms with Gasteiger partial charge < -0.3 is 15.0 Å². The van der Waals surface area contributed by atoms with Crippen LogP contribution in [0, 0.1) is 5.92 Å². The summed E-state index contributed by atoms with van der Waals surface area (Å²) in [5, 5.41) is 3.85. The smallest absolute Gasteiger partial charge is 0.124 e. The quantitative estimate of drug-likeness (QED) is 0.661. The van der Waals surface area contributed by atoms with Crippen LogP contribution in [0.15, 0.2) is 54.6 Å². The molecule has 1 heterocycles. The highest BCUT2D eigenvalue weighted by atomic mass is 16.5. The second kappa shape index (κ2) is 7.67. The molecule has 3 heteroatoms. The highest BCUT2D eigenvalue weighted by Gasteiger charge is 2.39. The maximum Gasteiger partial charge on any atom is 0.124 e. The van der Waals surface area contributed by atoms with Crippen LogP contribution in [0.3, 0.4) is 0 Å². The molecule has 0 fully saturated rings. The lowest BCUT2D eigenvalue weighted by Gasteiger charge is -2.38. The number of fused-ring (bicyclic) bond motifs is 3. The lowest BCUT2D eigenvalue weighted by atomic mass is 9.76. The number of hydrogen-bond donors (Lipinski definition) is 1. The molecule has 0 amide bonds. The maximum atomic E-state index is 5.94. The molecule has 3 nitrogen and oxygen atoms in total. The van der Waals surface area contributed by atoms with E-state index in [2.05, 4.69) is 85.6 Å². The van der Waals surface area contributed by atoms with Crippen molar-refractivity contribution >= 4 is 11.4 Å². The Morgan fingerprint density at radius 2 is 1.85 bits per heavy atom. The van der Waals surface area contributed by atoms with Crippen molar-refractivity contribution in [3.63, 3.8) is 0 Å². The van der Waals surface area contributed by atoms with E-state index in [0.717, 1.165) is 25.3 Å². The number of nitrogens with zero attached hydrogens (tertiary/aromatic N) is 1. The summed E-state index contributed by atoms with van der Waals surface area (Å²) in [5.74, 6) is 2.01. The number of para-hydroxylation sites is 1. The van der Waals surface area contributed by atoms with Crippen molar-refractivity contribution in [1.29, 1.82) is 0 Å². The molecule has 3 unspecified atom stereocenters. The molecule has 0 saturated carbocycles. The van der Waals surface area contributed by atoms with Crippen molar-refractivity contribution in [3.8, 4) is 5.75 Å². The van der Waals surface area contributed by atoms with Crippen LogP contribution in [-0.4, -0.2) is 19.7 Å². The van der Waals surface area contributed by atoms with Crippen LogP contribution in [0.2, 0.25) is 0 Å². The predicted molar refractivity (Wildman–Crippen MR) is 114 cm³/mol. The van der Waals surface area contributed by atoms with Gasteiger partial charge in [-0.3, -0.25) is 0 Å². The Morgan fingerprint density at radius 1 is 1.04 bits per heavy atom. The van der Waals surface area contributed by atoms with E-state index in [0.29, 0.717) is 18.4 Å². The monoisotopic (exact) mass is 362 g/mol. The zero-order chi connectivity index (χ0) is 18.8. The van der Waals surface area contributed by atoms with Gasteiger partial charge in [0.2, 0.25) is 0 Å². The Bertz CT molecular complexity index is 825. The molecule has 1 aliphatic heterocycles.